The van der Waals surface area contributed by atoms with Gasteiger partial charge in [-0.3, -0.25) is 4.79 Å². The highest BCUT2D eigenvalue weighted by molar-refractivity contribution is 5.92. The van der Waals surface area contributed by atoms with Crippen LogP contribution < -0.4 is 10.6 Å². The summed E-state index contributed by atoms with van der Waals surface area (Å²) in [5.74, 6) is 1.15. The van der Waals surface area contributed by atoms with Gasteiger partial charge in [-0.15, -0.1) is 0 Å². The van der Waals surface area contributed by atoms with Crippen molar-refractivity contribution in [3.63, 3.8) is 0 Å². The fourth-order valence-electron chi connectivity index (χ4n) is 1.47. The highest BCUT2D eigenvalue weighted by Gasteiger charge is 2.21. The van der Waals surface area contributed by atoms with Crippen LogP contribution in [-0.4, -0.2) is 23.5 Å². The van der Waals surface area contributed by atoms with Crippen LogP contribution in [0.1, 0.15) is 37.2 Å². The molecule has 0 aliphatic heterocycles. The van der Waals surface area contributed by atoms with Gasteiger partial charge in [0, 0.05) is 12.6 Å². The Morgan fingerprint density at radius 3 is 2.88 bits per heavy atom. The topological polar surface area (TPSA) is 54.0 Å². The van der Waals surface area contributed by atoms with Crippen molar-refractivity contribution in [3.8, 4) is 0 Å². The molecule has 1 fully saturated rings. The molecular weight excluding hydrogens is 214 g/mol. The number of carbonyl (C=O) groups is 1. The van der Waals surface area contributed by atoms with Gasteiger partial charge in [0.15, 0.2) is 0 Å². The number of carbonyl (C=O) groups excluding carboxylic acids is 1. The molecule has 1 aromatic rings. The van der Waals surface area contributed by atoms with E-state index in [1.807, 2.05) is 12.1 Å². The molecule has 4 nitrogen and oxygen atoms in total. The van der Waals surface area contributed by atoms with Gasteiger partial charge in [-0.2, -0.15) is 0 Å². The molecule has 0 atom stereocenters. The molecule has 4 heteroatoms. The smallest absolute Gasteiger partial charge is 0.269 e. The first-order valence-corrected chi connectivity index (χ1v) is 6.17. The molecule has 0 radical (unpaired) electrons. The van der Waals surface area contributed by atoms with Crippen LogP contribution in [0.4, 0.5) is 5.82 Å². The molecule has 1 amide bonds. The summed E-state index contributed by atoms with van der Waals surface area (Å²) in [4.78, 5) is 16.1. The van der Waals surface area contributed by atoms with Crippen molar-refractivity contribution in [2.75, 3.05) is 11.9 Å². The third-order valence-corrected chi connectivity index (χ3v) is 2.58. The molecule has 0 aromatic carbocycles. The van der Waals surface area contributed by atoms with Gasteiger partial charge >= 0.3 is 0 Å². The van der Waals surface area contributed by atoms with E-state index in [0.29, 0.717) is 24.2 Å². The van der Waals surface area contributed by atoms with Gasteiger partial charge < -0.3 is 10.6 Å². The van der Waals surface area contributed by atoms with Gasteiger partial charge in [0.25, 0.3) is 5.91 Å². The minimum atomic E-state index is -0.0989. The summed E-state index contributed by atoms with van der Waals surface area (Å²) in [6, 6.07) is 6.06. The van der Waals surface area contributed by atoms with Crippen LogP contribution in [0.25, 0.3) is 0 Å². The van der Waals surface area contributed by atoms with Crippen molar-refractivity contribution in [2.45, 2.75) is 32.7 Å². The van der Waals surface area contributed by atoms with Gasteiger partial charge in [0.2, 0.25) is 0 Å². The first-order valence-electron chi connectivity index (χ1n) is 6.17. The molecule has 1 aromatic heterocycles. The Morgan fingerprint density at radius 1 is 1.47 bits per heavy atom. The molecule has 1 aliphatic carbocycles. The van der Waals surface area contributed by atoms with E-state index in [-0.39, 0.29) is 5.91 Å². The summed E-state index contributed by atoms with van der Waals surface area (Å²) in [6.07, 6.45) is 2.40. The fourth-order valence-corrected chi connectivity index (χ4v) is 1.47. The second kappa shape index (κ2) is 5.17. The second-order valence-electron chi connectivity index (χ2n) is 4.93. The van der Waals surface area contributed by atoms with Gasteiger partial charge in [-0.05, 0) is 30.9 Å². The first kappa shape index (κ1) is 11.9. The molecule has 0 saturated heterocycles. The van der Waals surface area contributed by atoms with Crippen LogP contribution in [0.2, 0.25) is 0 Å². The largest absolute Gasteiger partial charge is 0.367 e. The number of hydrogen-bond acceptors (Lipinski definition) is 3. The number of amides is 1. The predicted octanol–water partition coefficient (Wildman–Crippen LogP) is 2.04. The monoisotopic (exact) mass is 233 g/mol. The zero-order valence-corrected chi connectivity index (χ0v) is 10.4. The molecule has 1 saturated carbocycles. The summed E-state index contributed by atoms with van der Waals surface area (Å²) in [5.41, 5.74) is 0.483. The van der Waals surface area contributed by atoms with Crippen LogP contribution in [0.3, 0.4) is 0 Å². The van der Waals surface area contributed by atoms with Gasteiger partial charge in [-0.1, -0.05) is 19.9 Å². The Bertz CT molecular complexity index is 399. The van der Waals surface area contributed by atoms with E-state index in [0.717, 1.165) is 5.82 Å². The average Bonchev–Trinajstić information content (AvgIpc) is 3.10. The molecule has 92 valence electrons. The van der Waals surface area contributed by atoms with Crippen molar-refractivity contribution >= 4 is 11.7 Å². The van der Waals surface area contributed by atoms with E-state index in [1.54, 1.807) is 6.07 Å². The lowest BCUT2D eigenvalue weighted by molar-refractivity contribution is 0.0944. The molecule has 1 heterocycles. The van der Waals surface area contributed by atoms with Crippen LogP contribution >= 0.6 is 0 Å². The Balaban J connectivity index is 1.96. The molecule has 2 N–H and O–H groups in total. The molecule has 17 heavy (non-hydrogen) atoms. The maximum absolute atomic E-state index is 11.8. The third kappa shape index (κ3) is 3.73. The molecular formula is C13H19N3O. The molecule has 1 aliphatic rings. The second-order valence-corrected chi connectivity index (χ2v) is 4.93. The van der Waals surface area contributed by atoms with Crippen molar-refractivity contribution in [1.29, 1.82) is 0 Å². The average molecular weight is 233 g/mol. The van der Waals surface area contributed by atoms with Crippen LogP contribution in [0, 0.1) is 5.92 Å². The Labute approximate surface area is 102 Å². The zero-order valence-electron chi connectivity index (χ0n) is 10.4. The van der Waals surface area contributed by atoms with Crippen molar-refractivity contribution in [3.05, 3.63) is 23.9 Å². The fraction of sp³-hybridized carbons (Fsp3) is 0.538. The third-order valence-electron chi connectivity index (χ3n) is 2.58. The SMILES string of the molecule is CC(C)CNC(=O)c1cccc(NC2CC2)n1. The predicted molar refractivity (Wildman–Crippen MR) is 68.1 cm³/mol. The van der Waals surface area contributed by atoms with Crippen LogP contribution in [0.5, 0.6) is 0 Å². The Morgan fingerprint density at radius 2 is 2.24 bits per heavy atom. The minimum Gasteiger partial charge on any atom is -0.367 e. The summed E-state index contributed by atoms with van der Waals surface area (Å²) in [6.45, 7) is 4.82. The number of aromatic nitrogens is 1. The Kier molecular flexibility index (Phi) is 3.61. The highest BCUT2D eigenvalue weighted by atomic mass is 16.1. The summed E-state index contributed by atoms with van der Waals surface area (Å²) in [7, 11) is 0. The minimum absolute atomic E-state index is 0.0989. The van der Waals surface area contributed by atoms with E-state index in [1.165, 1.54) is 12.8 Å². The van der Waals surface area contributed by atoms with Crippen LogP contribution in [-0.2, 0) is 0 Å². The zero-order chi connectivity index (χ0) is 12.3. The molecule has 0 bridgehead atoms. The number of pyridine rings is 1. The lowest BCUT2D eigenvalue weighted by atomic mass is 10.2. The maximum Gasteiger partial charge on any atom is 0.269 e. The van der Waals surface area contributed by atoms with E-state index in [2.05, 4.69) is 29.5 Å². The van der Waals surface area contributed by atoms with Crippen molar-refractivity contribution in [1.82, 2.24) is 10.3 Å². The number of anilines is 1. The quantitative estimate of drug-likeness (QED) is 0.818. The standard InChI is InChI=1S/C13H19N3O/c1-9(2)8-14-13(17)11-4-3-5-12(16-11)15-10-6-7-10/h3-5,9-10H,6-8H2,1-2H3,(H,14,17)(H,15,16). The van der Waals surface area contributed by atoms with E-state index < -0.39 is 0 Å². The molecule has 0 unspecified atom stereocenters. The first-order chi connectivity index (χ1) is 8.15. The number of nitrogens with one attached hydrogen (secondary N) is 2. The number of rotatable bonds is 5. The normalized spacial score (nSPS) is 14.8. The molecule has 2 rings (SSSR count). The summed E-state index contributed by atoms with van der Waals surface area (Å²) in [5, 5.41) is 6.15. The van der Waals surface area contributed by atoms with Crippen molar-refractivity contribution < 1.29 is 4.79 Å². The molecule has 0 spiro atoms. The summed E-state index contributed by atoms with van der Waals surface area (Å²) < 4.78 is 0. The summed E-state index contributed by atoms with van der Waals surface area (Å²) >= 11 is 0. The lowest BCUT2D eigenvalue weighted by Crippen LogP contribution is -2.28. The highest BCUT2D eigenvalue weighted by Crippen LogP contribution is 2.23. The number of hydrogen-bond donors (Lipinski definition) is 2. The Hall–Kier alpha value is -1.58. The number of nitrogens with zero attached hydrogens (tertiary/aromatic N) is 1. The van der Waals surface area contributed by atoms with Gasteiger partial charge in [-0.25, -0.2) is 4.98 Å². The van der Waals surface area contributed by atoms with Crippen LogP contribution in [0.15, 0.2) is 18.2 Å². The van der Waals surface area contributed by atoms with E-state index in [9.17, 15) is 4.79 Å². The maximum atomic E-state index is 11.8. The lowest BCUT2D eigenvalue weighted by Gasteiger charge is -2.08. The van der Waals surface area contributed by atoms with Gasteiger partial charge in [0.1, 0.15) is 11.5 Å². The van der Waals surface area contributed by atoms with Crippen molar-refractivity contribution in [2.24, 2.45) is 5.92 Å². The van der Waals surface area contributed by atoms with E-state index in [4.69, 9.17) is 0 Å². The van der Waals surface area contributed by atoms with Gasteiger partial charge in [0.05, 0.1) is 0 Å². The van der Waals surface area contributed by atoms with E-state index >= 15 is 0 Å².